The Morgan fingerprint density at radius 1 is 1.15 bits per heavy atom. The molecular formula is C19H20FNO5. The number of hydrogen-bond donors (Lipinski definition) is 2. The predicted octanol–water partition coefficient (Wildman–Crippen LogP) is 2.72. The molecule has 0 spiro atoms. The molecule has 0 saturated carbocycles. The highest BCUT2D eigenvalue weighted by molar-refractivity contribution is 5.84. The molecule has 2 aromatic rings. The molecule has 6 nitrogen and oxygen atoms in total. The Morgan fingerprint density at radius 2 is 1.92 bits per heavy atom. The third kappa shape index (κ3) is 4.95. The van der Waals surface area contributed by atoms with Gasteiger partial charge in [-0.05, 0) is 41.8 Å². The van der Waals surface area contributed by atoms with E-state index in [0.717, 1.165) is 11.6 Å². The van der Waals surface area contributed by atoms with Crippen LogP contribution in [0.4, 0.5) is 4.39 Å². The van der Waals surface area contributed by atoms with E-state index < -0.39 is 23.7 Å². The number of carbonyl (C=O) groups is 2. The molecule has 0 aromatic heterocycles. The first kappa shape index (κ1) is 19.2. The quantitative estimate of drug-likeness (QED) is 0.755. The molecule has 0 radical (unpaired) electrons. The number of aryl methyl sites for hydroxylation is 1. The molecule has 0 fully saturated rings. The molecule has 138 valence electrons. The molecule has 0 heterocycles. The number of nitrogens with one attached hydrogen (secondary N) is 1. The van der Waals surface area contributed by atoms with Crippen LogP contribution in [0.2, 0.25) is 0 Å². The number of rotatable bonds is 8. The van der Waals surface area contributed by atoms with Gasteiger partial charge < -0.3 is 19.9 Å². The molecule has 26 heavy (non-hydrogen) atoms. The lowest BCUT2D eigenvalue weighted by atomic mass is 10.1. The summed E-state index contributed by atoms with van der Waals surface area (Å²) in [7, 11) is 2.87. The minimum absolute atomic E-state index is 0.00207. The van der Waals surface area contributed by atoms with Crippen LogP contribution in [0.25, 0.3) is 0 Å². The number of amides is 1. The molecule has 0 bridgehead atoms. The van der Waals surface area contributed by atoms with Crippen molar-refractivity contribution < 1.29 is 28.6 Å². The van der Waals surface area contributed by atoms with E-state index in [0.29, 0.717) is 12.2 Å². The third-order valence-electron chi connectivity index (χ3n) is 3.84. The number of carboxylic acids is 1. The van der Waals surface area contributed by atoms with Gasteiger partial charge >= 0.3 is 5.97 Å². The Kier molecular flexibility index (Phi) is 6.54. The Morgan fingerprint density at radius 3 is 2.54 bits per heavy atom. The molecule has 2 rings (SSSR count). The van der Waals surface area contributed by atoms with Crippen molar-refractivity contribution in [2.24, 2.45) is 0 Å². The number of aliphatic carboxylic acids is 1. The standard InChI is InChI=1S/C19H20FNO5/c1-25-14-5-3-4-12(10-14)6-9-17(22)21-18(19(23)24)13-7-8-16(26-2)15(20)11-13/h3-5,7-8,10-11,18H,6,9H2,1-2H3,(H,21,22)(H,23,24). The molecule has 1 unspecified atom stereocenters. The fourth-order valence-corrected chi connectivity index (χ4v) is 2.47. The lowest BCUT2D eigenvalue weighted by Gasteiger charge is -2.16. The van der Waals surface area contributed by atoms with Crippen LogP contribution in [0.1, 0.15) is 23.6 Å². The third-order valence-corrected chi connectivity index (χ3v) is 3.84. The molecule has 2 N–H and O–H groups in total. The van der Waals surface area contributed by atoms with Gasteiger partial charge in [0.2, 0.25) is 5.91 Å². The van der Waals surface area contributed by atoms with Crippen molar-refractivity contribution in [3.8, 4) is 11.5 Å². The highest BCUT2D eigenvalue weighted by atomic mass is 19.1. The summed E-state index contributed by atoms with van der Waals surface area (Å²) in [4.78, 5) is 23.6. The van der Waals surface area contributed by atoms with Crippen LogP contribution in [0.5, 0.6) is 11.5 Å². The minimum atomic E-state index is -1.34. The highest BCUT2D eigenvalue weighted by Crippen LogP contribution is 2.22. The summed E-state index contributed by atoms with van der Waals surface area (Å²) in [6.45, 7) is 0. The predicted molar refractivity (Wildman–Crippen MR) is 92.8 cm³/mol. The van der Waals surface area contributed by atoms with E-state index in [9.17, 15) is 19.1 Å². The van der Waals surface area contributed by atoms with Crippen LogP contribution in [-0.2, 0) is 16.0 Å². The average molecular weight is 361 g/mol. The van der Waals surface area contributed by atoms with E-state index in [1.165, 1.54) is 19.2 Å². The van der Waals surface area contributed by atoms with Crippen molar-refractivity contribution in [3.05, 3.63) is 59.4 Å². The second-order valence-corrected chi connectivity index (χ2v) is 5.58. The van der Waals surface area contributed by atoms with Gasteiger partial charge in [0.25, 0.3) is 0 Å². The van der Waals surface area contributed by atoms with Crippen LogP contribution < -0.4 is 14.8 Å². The zero-order valence-corrected chi connectivity index (χ0v) is 14.5. The van der Waals surface area contributed by atoms with Crippen molar-refractivity contribution in [3.63, 3.8) is 0 Å². The fourth-order valence-electron chi connectivity index (χ4n) is 2.47. The van der Waals surface area contributed by atoms with Crippen molar-refractivity contribution >= 4 is 11.9 Å². The number of benzene rings is 2. The van der Waals surface area contributed by atoms with Gasteiger partial charge in [-0.2, -0.15) is 0 Å². The Bertz CT molecular complexity index is 793. The Labute approximate surface area is 150 Å². The van der Waals surface area contributed by atoms with Gasteiger partial charge in [-0.1, -0.05) is 18.2 Å². The summed E-state index contributed by atoms with van der Waals surface area (Å²) in [6.07, 6.45) is 0.516. The van der Waals surface area contributed by atoms with Crippen molar-refractivity contribution in [2.75, 3.05) is 14.2 Å². The zero-order chi connectivity index (χ0) is 19.1. The number of methoxy groups -OCH3 is 2. The van der Waals surface area contributed by atoms with Gasteiger partial charge in [-0.3, -0.25) is 4.79 Å². The smallest absolute Gasteiger partial charge is 0.330 e. The molecule has 7 heteroatoms. The number of carbonyl (C=O) groups excluding carboxylic acids is 1. The maximum absolute atomic E-state index is 13.8. The van der Waals surface area contributed by atoms with Crippen LogP contribution in [-0.4, -0.2) is 31.2 Å². The van der Waals surface area contributed by atoms with Gasteiger partial charge in [0.05, 0.1) is 14.2 Å². The van der Waals surface area contributed by atoms with Gasteiger partial charge in [0.1, 0.15) is 5.75 Å². The van der Waals surface area contributed by atoms with Crippen molar-refractivity contribution in [2.45, 2.75) is 18.9 Å². The van der Waals surface area contributed by atoms with Gasteiger partial charge in [0, 0.05) is 6.42 Å². The summed E-state index contributed by atoms with van der Waals surface area (Å²) in [5.74, 6) is -1.73. The monoisotopic (exact) mass is 361 g/mol. The largest absolute Gasteiger partial charge is 0.497 e. The van der Waals surface area contributed by atoms with E-state index >= 15 is 0 Å². The molecule has 1 atom stereocenters. The molecule has 2 aromatic carbocycles. The molecule has 0 aliphatic rings. The summed E-state index contributed by atoms with van der Waals surface area (Å²) < 4.78 is 23.7. The summed E-state index contributed by atoms with van der Waals surface area (Å²) in [5.41, 5.74) is 1.02. The minimum Gasteiger partial charge on any atom is -0.497 e. The lowest BCUT2D eigenvalue weighted by molar-refractivity contribution is -0.142. The second-order valence-electron chi connectivity index (χ2n) is 5.58. The van der Waals surface area contributed by atoms with E-state index in [2.05, 4.69) is 5.32 Å². The molecular weight excluding hydrogens is 341 g/mol. The number of hydrogen-bond acceptors (Lipinski definition) is 4. The Hall–Kier alpha value is -3.09. The van der Waals surface area contributed by atoms with Crippen molar-refractivity contribution in [1.29, 1.82) is 0 Å². The van der Waals surface area contributed by atoms with Gasteiger partial charge in [-0.25, -0.2) is 9.18 Å². The molecule has 0 aliphatic heterocycles. The van der Waals surface area contributed by atoms with E-state index in [4.69, 9.17) is 9.47 Å². The average Bonchev–Trinajstić information content (AvgIpc) is 2.64. The fraction of sp³-hybridized carbons (Fsp3) is 0.263. The molecule has 0 aliphatic carbocycles. The first-order valence-electron chi connectivity index (χ1n) is 7.93. The van der Waals surface area contributed by atoms with Crippen LogP contribution >= 0.6 is 0 Å². The molecule has 0 saturated heterocycles. The number of ether oxygens (including phenoxy) is 2. The van der Waals surface area contributed by atoms with Crippen LogP contribution in [0.3, 0.4) is 0 Å². The highest BCUT2D eigenvalue weighted by Gasteiger charge is 2.23. The Balaban J connectivity index is 2.03. The SMILES string of the molecule is COc1cccc(CCC(=O)NC(C(=O)O)c2ccc(OC)c(F)c2)c1. The first-order valence-corrected chi connectivity index (χ1v) is 7.93. The van der Waals surface area contributed by atoms with E-state index in [1.807, 2.05) is 12.1 Å². The van der Waals surface area contributed by atoms with Crippen LogP contribution in [0.15, 0.2) is 42.5 Å². The normalized spacial score (nSPS) is 11.5. The maximum Gasteiger partial charge on any atom is 0.330 e. The molecule has 1 amide bonds. The first-order chi connectivity index (χ1) is 12.4. The number of halogens is 1. The van der Waals surface area contributed by atoms with E-state index in [1.54, 1.807) is 19.2 Å². The summed E-state index contributed by atoms with van der Waals surface area (Å²) in [5, 5.41) is 11.8. The number of carboxylic acid groups (broad SMARTS) is 1. The van der Waals surface area contributed by atoms with Gasteiger partial charge in [0.15, 0.2) is 17.6 Å². The lowest BCUT2D eigenvalue weighted by Crippen LogP contribution is -2.34. The summed E-state index contributed by atoms with van der Waals surface area (Å²) >= 11 is 0. The second kappa shape index (κ2) is 8.84. The van der Waals surface area contributed by atoms with E-state index in [-0.39, 0.29) is 17.7 Å². The summed E-state index contributed by atoms with van der Waals surface area (Å²) in [6, 6.07) is 9.69. The maximum atomic E-state index is 13.8. The van der Waals surface area contributed by atoms with Crippen LogP contribution in [0, 0.1) is 5.82 Å². The van der Waals surface area contributed by atoms with Crippen molar-refractivity contribution in [1.82, 2.24) is 5.32 Å². The zero-order valence-electron chi connectivity index (χ0n) is 14.5. The topological polar surface area (TPSA) is 84.9 Å². The van der Waals surface area contributed by atoms with Gasteiger partial charge in [-0.15, -0.1) is 0 Å².